The molecule has 3 aromatic rings. The van der Waals surface area contributed by atoms with Gasteiger partial charge in [0.2, 0.25) is 0 Å². The number of aromatic amines is 1. The first-order valence-corrected chi connectivity index (χ1v) is 5.14. The lowest BCUT2D eigenvalue weighted by Gasteiger charge is -1.98. The molecule has 1 heterocycles. The van der Waals surface area contributed by atoms with Gasteiger partial charge >= 0.3 is 0 Å². The summed E-state index contributed by atoms with van der Waals surface area (Å²) in [6.45, 7) is 0. The minimum atomic E-state index is -0.388. The fourth-order valence-corrected chi connectivity index (χ4v) is 1.87. The van der Waals surface area contributed by atoms with E-state index in [0.717, 1.165) is 0 Å². The SMILES string of the molecule is Fc1cccc(-c2[nH]nc3c(F)cccc23)c1. The Kier molecular flexibility index (Phi) is 2.14. The zero-order chi connectivity index (χ0) is 11.8. The lowest BCUT2D eigenvalue weighted by Crippen LogP contribution is -1.80. The molecule has 0 amide bonds. The van der Waals surface area contributed by atoms with Gasteiger partial charge < -0.3 is 0 Å². The maximum absolute atomic E-state index is 13.4. The van der Waals surface area contributed by atoms with Crippen molar-refractivity contribution in [1.82, 2.24) is 10.2 Å². The summed E-state index contributed by atoms with van der Waals surface area (Å²) >= 11 is 0. The normalized spacial score (nSPS) is 10.9. The van der Waals surface area contributed by atoms with E-state index in [0.29, 0.717) is 16.6 Å². The molecule has 17 heavy (non-hydrogen) atoms. The Balaban J connectivity index is 2.28. The molecule has 0 radical (unpaired) electrons. The van der Waals surface area contributed by atoms with Crippen molar-refractivity contribution in [2.75, 3.05) is 0 Å². The second kappa shape index (κ2) is 3.66. The fraction of sp³-hybridized carbons (Fsp3) is 0. The van der Waals surface area contributed by atoms with E-state index in [9.17, 15) is 8.78 Å². The van der Waals surface area contributed by atoms with E-state index < -0.39 is 0 Å². The van der Waals surface area contributed by atoms with Crippen LogP contribution in [0.5, 0.6) is 0 Å². The van der Waals surface area contributed by atoms with E-state index in [1.807, 2.05) is 0 Å². The molecule has 0 bridgehead atoms. The van der Waals surface area contributed by atoms with Crippen LogP contribution in [0.25, 0.3) is 22.2 Å². The first-order valence-electron chi connectivity index (χ1n) is 5.14. The molecule has 84 valence electrons. The van der Waals surface area contributed by atoms with E-state index in [1.165, 1.54) is 18.2 Å². The zero-order valence-electron chi connectivity index (χ0n) is 8.74. The number of hydrogen-bond donors (Lipinski definition) is 1. The van der Waals surface area contributed by atoms with E-state index >= 15 is 0 Å². The van der Waals surface area contributed by atoms with Crippen LogP contribution in [0.15, 0.2) is 42.5 Å². The first-order chi connectivity index (χ1) is 8.25. The third-order valence-corrected chi connectivity index (χ3v) is 2.65. The number of rotatable bonds is 1. The predicted molar refractivity (Wildman–Crippen MR) is 61.4 cm³/mol. The van der Waals surface area contributed by atoms with E-state index in [2.05, 4.69) is 10.2 Å². The Morgan fingerprint density at radius 1 is 1.00 bits per heavy atom. The quantitative estimate of drug-likeness (QED) is 0.680. The average molecular weight is 230 g/mol. The van der Waals surface area contributed by atoms with Crippen molar-refractivity contribution in [1.29, 1.82) is 0 Å². The summed E-state index contributed by atoms with van der Waals surface area (Å²) in [7, 11) is 0. The number of aromatic nitrogens is 2. The molecule has 0 atom stereocenters. The highest BCUT2D eigenvalue weighted by molar-refractivity contribution is 5.93. The van der Waals surface area contributed by atoms with Gasteiger partial charge in [-0.05, 0) is 18.2 Å². The Morgan fingerprint density at radius 3 is 2.65 bits per heavy atom. The van der Waals surface area contributed by atoms with Gasteiger partial charge in [0, 0.05) is 10.9 Å². The molecular formula is C13H8F2N2. The van der Waals surface area contributed by atoms with Gasteiger partial charge in [-0.3, -0.25) is 5.10 Å². The maximum atomic E-state index is 13.4. The van der Waals surface area contributed by atoms with Crippen molar-refractivity contribution >= 4 is 10.9 Å². The van der Waals surface area contributed by atoms with Crippen LogP contribution >= 0.6 is 0 Å². The number of benzene rings is 2. The van der Waals surface area contributed by atoms with Gasteiger partial charge in [-0.25, -0.2) is 8.78 Å². The topological polar surface area (TPSA) is 28.7 Å². The first kappa shape index (κ1) is 9.96. The van der Waals surface area contributed by atoms with Crippen LogP contribution in [0, 0.1) is 11.6 Å². The molecule has 2 aromatic carbocycles. The van der Waals surface area contributed by atoms with Crippen LogP contribution in [0.4, 0.5) is 8.78 Å². The van der Waals surface area contributed by atoms with Gasteiger partial charge in [-0.15, -0.1) is 0 Å². The number of para-hydroxylation sites is 1. The molecule has 0 aliphatic carbocycles. The van der Waals surface area contributed by atoms with Crippen molar-refractivity contribution in [3.8, 4) is 11.3 Å². The summed E-state index contributed by atoms with van der Waals surface area (Å²) < 4.78 is 26.6. The molecule has 1 aromatic heterocycles. The minimum Gasteiger partial charge on any atom is -0.277 e. The monoisotopic (exact) mass is 230 g/mol. The van der Waals surface area contributed by atoms with Gasteiger partial charge in [0.25, 0.3) is 0 Å². The molecule has 0 aliphatic heterocycles. The van der Waals surface area contributed by atoms with Crippen LogP contribution in [-0.2, 0) is 0 Å². The molecule has 0 spiro atoms. The van der Waals surface area contributed by atoms with Gasteiger partial charge in [-0.1, -0.05) is 24.3 Å². The van der Waals surface area contributed by atoms with Crippen molar-refractivity contribution in [2.24, 2.45) is 0 Å². The molecule has 0 aliphatic rings. The number of fused-ring (bicyclic) bond motifs is 1. The molecule has 4 heteroatoms. The summed E-state index contributed by atoms with van der Waals surface area (Å²) in [6, 6.07) is 10.8. The number of H-pyrrole nitrogens is 1. The lowest BCUT2D eigenvalue weighted by molar-refractivity contribution is 0.628. The van der Waals surface area contributed by atoms with Crippen LogP contribution in [0.3, 0.4) is 0 Å². The molecule has 1 N–H and O–H groups in total. The highest BCUT2D eigenvalue weighted by Gasteiger charge is 2.10. The summed E-state index contributed by atoms with van der Waals surface area (Å²) in [5.41, 5.74) is 1.55. The third kappa shape index (κ3) is 1.58. The molecule has 0 saturated carbocycles. The van der Waals surface area contributed by atoms with Crippen molar-refractivity contribution in [3.63, 3.8) is 0 Å². The second-order valence-corrected chi connectivity index (χ2v) is 3.74. The third-order valence-electron chi connectivity index (χ3n) is 2.65. The van der Waals surface area contributed by atoms with E-state index in [4.69, 9.17) is 0 Å². The fourth-order valence-electron chi connectivity index (χ4n) is 1.87. The molecule has 0 fully saturated rings. The number of hydrogen-bond acceptors (Lipinski definition) is 1. The van der Waals surface area contributed by atoms with Crippen molar-refractivity contribution in [3.05, 3.63) is 54.1 Å². The Bertz CT molecular complexity index is 689. The van der Waals surface area contributed by atoms with Gasteiger partial charge in [0.15, 0.2) is 5.82 Å². The summed E-state index contributed by atoms with van der Waals surface area (Å²) in [6.07, 6.45) is 0. The second-order valence-electron chi connectivity index (χ2n) is 3.74. The molecular weight excluding hydrogens is 222 g/mol. The van der Waals surface area contributed by atoms with Gasteiger partial charge in [-0.2, -0.15) is 5.10 Å². The van der Waals surface area contributed by atoms with Crippen LogP contribution in [-0.4, -0.2) is 10.2 Å². The Labute approximate surface area is 95.9 Å². The van der Waals surface area contributed by atoms with Crippen LogP contribution in [0.1, 0.15) is 0 Å². The lowest BCUT2D eigenvalue weighted by atomic mass is 10.1. The van der Waals surface area contributed by atoms with Crippen LogP contribution < -0.4 is 0 Å². The average Bonchev–Trinajstić information content (AvgIpc) is 2.74. The predicted octanol–water partition coefficient (Wildman–Crippen LogP) is 3.51. The largest absolute Gasteiger partial charge is 0.277 e. The van der Waals surface area contributed by atoms with E-state index in [-0.39, 0.29) is 17.2 Å². The summed E-state index contributed by atoms with van der Waals surface area (Å²) in [4.78, 5) is 0. The van der Waals surface area contributed by atoms with Crippen molar-refractivity contribution in [2.45, 2.75) is 0 Å². The number of nitrogens with zero attached hydrogens (tertiary/aromatic N) is 1. The van der Waals surface area contributed by atoms with Crippen molar-refractivity contribution < 1.29 is 8.78 Å². The van der Waals surface area contributed by atoms with Gasteiger partial charge in [0.05, 0.1) is 5.69 Å². The molecule has 2 nitrogen and oxygen atoms in total. The molecule has 3 rings (SSSR count). The molecule has 0 saturated heterocycles. The maximum Gasteiger partial charge on any atom is 0.151 e. The zero-order valence-corrected chi connectivity index (χ0v) is 8.74. The standard InChI is InChI=1S/C13H8F2N2/c14-9-4-1-3-8(7-9)12-10-5-2-6-11(15)13(10)17-16-12/h1-7H,(H,16,17). The number of halogens is 2. The smallest absolute Gasteiger partial charge is 0.151 e. The Hall–Kier alpha value is -2.23. The summed E-state index contributed by atoms with van der Waals surface area (Å²) in [5, 5.41) is 7.29. The Morgan fingerprint density at radius 2 is 1.82 bits per heavy atom. The van der Waals surface area contributed by atoms with Gasteiger partial charge in [0.1, 0.15) is 11.3 Å². The summed E-state index contributed by atoms with van der Waals surface area (Å²) in [5.74, 6) is -0.719. The minimum absolute atomic E-state index is 0.270. The highest BCUT2D eigenvalue weighted by Crippen LogP contribution is 2.27. The van der Waals surface area contributed by atoms with Crippen LogP contribution in [0.2, 0.25) is 0 Å². The number of nitrogens with one attached hydrogen (secondary N) is 1. The van der Waals surface area contributed by atoms with E-state index in [1.54, 1.807) is 24.3 Å². The highest BCUT2D eigenvalue weighted by atomic mass is 19.1. The molecule has 0 unspecified atom stereocenters.